The van der Waals surface area contributed by atoms with E-state index in [1.165, 1.54) is 13.2 Å². The molecule has 18 heavy (non-hydrogen) atoms. The van der Waals surface area contributed by atoms with Crippen LogP contribution in [0, 0.1) is 11.3 Å². The summed E-state index contributed by atoms with van der Waals surface area (Å²) >= 11 is 3.40. The molecule has 0 saturated heterocycles. The molecule has 2 aromatic rings. The number of benzene rings is 1. The van der Waals surface area contributed by atoms with Gasteiger partial charge in [-0.1, -0.05) is 22.0 Å². The molecule has 0 atom stereocenters. The first-order chi connectivity index (χ1) is 8.65. The molecule has 4 nitrogen and oxygen atoms in total. The van der Waals surface area contributed by atoms with Crippen molar-refractivity contribution in [3.8, 4) is 6.07 Å². The molecule has 0 spiro atoms. The van der Waals surface area contributed by atoms with E-state index in [9.17, 15) is 4.79 Å². The Labute approximate surface area is 112 Å². The summed E-state index contributed by atoms with van der Waals surface area (Å²) in [7, 11) is 1.22. The van der Waals surface area contributed by atoms with Gasteiger partial charge in [0, 0.05) is 15.9 Å². The third-order valence-electron chi connectivity index (χ3n) is 2.34. The Morgan fingerprint density at radius 1 is 1.56 bits per heavy atom. The molecule has 0 aliphatic carbocycles. The van der Waals surface area contributed by atoms with Crippen LogP contribution in [0.15, 0.2) is 38.7 Å². The van der Waals surface area contributed by atoms with Crippen LogP contribution in [0.3, 0.4) is 0 Å². The molecule has 0 fully saturated rings. The molecule has 0 N–H and O–H groups in total. The van der Waals surface area contributed by atoms with Crippen LogP contribution in [-0.4, -0.2) is 13.1 Å². The smallest absolute Gasteiger partial charge is 0.348 e. The standard InChI is InChI=1S/C13H8BrNO3/c1-17-13(16)8(7-15)5-9-6-10-11(14)3-2-4-12(10)18-9/h2-6H,1H3/b8-5-. The van der Waals surface area contributed by atoms with Gasteiger partial charge in [0.25, 0.3) is 0 Å². The van der Waals surface area contributed by atoms with E-state index in [1.807, 2.05) is 18.2 Å². The molecular weight excluding hydrogens is 298 g/mol. The second-order valence-corrected chi connectivity index (χ2v) is 4.32. The maximum Gasteiger partial charge on any atom is 0.348 e. The number of methoxy groups -OCH3 is 1. The quantitative estimate of drug-likeness (QED) is 0.485. The number of carbonyl (C=O) groups is 1. The zero-order valence-corrected chi connectivity index (χ0v) is 11.0. The number of ether oxygens (including phenoxy) is 1. The average Bonchev–Trinajstić information content (AvgIpc) is 2.79. The maximum absolute atomic E-state index is 11.3. The summed E-state index contributed by atoms with van der Waals surface area (Å²) in [4.78, 5) is 11.3. The van der Waals surface area contributed by atoms with Crippen molar-refractivity contribution >= 4 is 38.9 Å². The first-order valence-electron chi connectivity index (χ1n) is 5.04. The van der Waals surface area contributed by atoms with Crippen molar-refractivity contribution < 1.29 is 13.9 Å². The van der Waals surface area contributed by atoms with Crippen LogP contribution < -0.4 is 0 Å². The summed E-state index contributed by atoms with van der Waals surface area (Å²) in [5, 5.41) is 9.73. The third-order valence-corrected chi connectivity index (χ3v) is 3.03. The van der Waals surface area contributed by atoms with E-state index in [2.05, 4.69) is 20.7 Å². The van der Waals surface area contributed by atoms with Gasteiger partial charge in [-0.2, -0.15) is 5.26 Å². The molecule has 2 rings (SSSR count). The monoisotopic (exact) mass is 305 g/mol. The van der Waals surface area contributed by atoms with Crippen molar-refractivity contribution in [1.29, 1.82) is 5.26 Å². The van der Waals surface area contributed by atoms with E-state index in [0.717, 1.165) is 9.86 Å². The van der Waals surface area contributed by atoms with E-state index in [1.54, 1.807) is 12.1 Å². The normalized spacial score (nSPS) is 11.3. The van der Waals surface area contributed by atoms with Gasteiger partial charge in [-0.05, 0) is 18.2 Å². The number of furan rings is 1. The highest BCUT2D eigenvalue weighted by Crippen LogP contribution is 2.27. The largest absolute Gasteiger partial charge is 0.465 e. The summed E-state index contributed by atoms with van der Waals surface area (Å²) in [6.45, 7) is 0. The Bertz CT molecular complexity index is 679. The van der Waals surface area contributed by atoms with Crippen LogP contribution in [0.1, 0.15) is 5.76 Å². The minimum Gasteiger partial charge on any atom is -0.465 e. The number of carbonyl (C=O) groups excluding carboxylic acids is 1. The lowest BCUT2D eigenvalue weighted by Crippen LogP contribution is -2.02. The second kappa shape index (κ2) is 5.07. The fourth-order valence-corrected chi connectivity index (χ4v) is 1.97. The minimum atomic E-state index is -0.683. The molecule has 0 amide bonds. The molecule has 90 valence electrons. The van der Waals surface area contributed by atoms with E-state index in [0.29, 0.717) is 11.3 Å². The molecule has 0 bridgehead atoms. The first-order valence-corrected chi connectivity index (χ1v) is 5.83. The number of hydrogen-bond donors (Lipinski definition) is 0. The maximum atomic E-state index is 11.3. The Morgan fingerprint density at radius 2 is 2.33 bits per heavy atom. The van der Waals surface area contributed by atoms with Crippen molar-refractivity contribution in [2.45, 2.75) is 0 Å². The second-order valence-electron chi connectivity index (χ2n) is 3.46. The predicted molar refractivity (Wildman–Crippen MR) is 69.5 cm³/mol. The van der Waals surface area contributed by atoms with Gasteiger partial charge < -0.3 is 9.15 Å². The zero-order valence-electron chi connectivity index (χ0n) is 9.44. The van der Waals surface area contributed by atoms with E-state index < -0.39 is 5.97 Å². The summed E-state index contributed by atoms with van der Waals surface area (Å²) in [6, 6.07) is 9.06. The molecule has 0 radical (unpaired) electrons. The zero-order chi connectivity index (χ0) is 13.1. The highest BCUT2D eigenvalue weighted by Gasteiger charge is 2.11. The molecule has 5 heteroatoms. The number of esters is 1. The summed E-state index contributed by atoms with van der Waals surface area (Å²) in [6.07, 6.45) is 1.36. The lowest BCUT2D eigenvalue weighted by molar-refractivity contribution is -0.135. The van der Waals surface area contributed by atoms with Gasteiger partial charge in [-0.15, -0.1) is 0 Å². The van der Waals surface area contributed by atoms with Gasteiger partial charge in [0.05, 0.1) is 7.11 Å². The van der Waals surface area contributed by atoms with Crippen LogP contribution in [0.25, 0.3) is 17.0 Å². The van der Waals surface area contributed by atoms with E-state index >= 15 is 0 Å². The Morgan fingerprint density at radius 3 is 2.94 bits per heavy atom. The average molecular weight is 306 g/mol. The van der Waals surface area contributed by atoms with E-state index in [4.69, 9.17) is 9.68 Å². The van der Waals surface area contributed by atoms with Crippen molar-refractivity contribution in [3.63, 3.8) is 0 Å². The van der Waals surface area contributed by atoms with Crippen LogP contribution in [-0.2, 0) is 9.53 Å². The van der Waals surface area contributed by atoms with Gasteiger partial charge in [0.15, 0.2) is 0 Å². The lowest BCUT2D eigenvalue weighted by Gasteiger charge is -1.93. The van der Waals surface area contributed by atoms with Gasteiger partial charge in [-0.3, -0.25) is 0 Å². The summed E-state index contributed by atoms with van der Waals surface area (Å²) < 4.78 is 10.9. The number of fused-ring (bicyclic) bond motifs is 1. The van der Waals surface area contributed by atoms with Gasteiger partial charge >= 0.3 is 5.97 Å². The van der Waals surface area contributed by atoms with Gasteiger partial charge in [0.2, 0.25) is 0 Å². The minimum absolute atomic E-state index is 0.104. The Hall–Kier alpha value is -2.06. The van der Waals surface area contributed by atoms with Gasteiger partial charge in [-0.25, -0.2) is 4.79 Å². The molecule has 0 unspecified atom stereocenters. The number of halogens is 1. The fourth-order valence-electron chi connectivity index (χ4n) is 1.51. The lowest BCUT2D eigenvalue weighted by atomic mass is 10.2. The molecule has 1 aromatic carbocycles. The van der Waals surface area contributed by atoms with Crippen LogP contribution in [0.2, 0.25) is 0 Å². The third kappa shape index (κ3) is 2.29. The van der Waals surface area contributed by atoms with Crippen molar-refractivity contribution in [1.82, 2.24) is 0 Å². The number of nitrogens with zero attached hydrogens (tertiary/aromatic N) is 1. The van der Waals surface area contributed by atoms with Crippen LogP contribution in [0.4, 0.5) is 0 Å². The predicted octanol–water partition coefficient (Wildman–Crippen LogP) is 3.28. The number of nitriles is 1. The van der Waals surface area contributed by atoms with Crippen LogP contribution >= 0.6 is 15.9 Å². The molecule has 0 aliphatic rings. The molecule has 0 aliphatic heterocycles. The van der Waals surface area contributed by atoms with Gasteiger partial charge in [0.1, 0.15) is 23.0 Å². The topological polar surface area (TPSA) is 63.2 Å². The summed E-state index contributed by atoms with van der Waals surface area (Å²) in [5.74, 6) is -0.254. The SMILES string of the molecule is COC(=O)/C(C#N)=C\c1cc2c(Br)cccc2o1. The van der Waals surface area contributed by atoms with E-state index in [-0.39, 0.29) is 5.57 Å². The molecule has 1 aromatic heterocycles. The van der Waals surface area contributed by atoms with Crippen LogP contribution in [0.5, 0.6) is 0 Å². The number of rotatable bonds is 2. The highest BCUT2D eigenvalue weighted by molar-refractivity contribution is 9.10. The fraction of sp³-hybridized carbons (Fsp3) is 0.0769. The number of hydrogen-bond acceptors (Lipinski definition) is 4. The highest BCUT2D eigenvalue weighted by atomic mass is 79.9. The van der Waals surface area contributed by atoms with Crippen molar-refractivity contribution in [2.24, 2.45) is 0 Å². The first kappa shape index (κ1) is 12.4. The Kier molecular flexibility index (Phi) is 3.49. The molecule has 1 heterocycles. The molecule has 0 saturated carbocycles. The summed E-state index contributed by atoms with van der Waals surface area (Å²) in [5.41, 5.74) is 0.574. The Balaban J connectivity index is 2.50. The molecular formula is C13H8BrNO3. The van der Waals surface area contributed by atoms with Crippen molar-refractivity contribution in [3.05, 3.63) is 40.1 Å². The van der Waals surface area contributed by atoms with Crippen molar-refractivity contribution in [2.75, 3.05) is 7.11 Å².